The second-order valence-corrected chi connectivity index (χ2v) is 5.22. The molecule has 0 saturated carbocycles. The summed E-state index contributed by atoms with van der Waals surface area (Å²) in [4.78, 5) is 6.44. The van der Waals surface area contributed by atoms with E-state index in [9.17, 15) is 0 Å². The van der Waals surface area contributed by atoms with Gasteiger partial charge in [-0.3, -0.25) is 0 Å². The van der Waals surface area contributed by atoms with Crippen LogP contribution in [0.4, 0.5) is 0 Å². The van der Waals surface area contributed by atoms with Gasteiger partial charge in [0.1, 0.15) is 5.15 Å². The lowest BCUT2D eigenvalue weighted by Gasteiger charge is -2.28. The molecule has 1 aromatic rings. The van der Waals surface area contributed by atoms with Crippen LogP contribution in [-0.2, 0) is 6.54 Å². The van der Waals surface area contributed by atoms with Gasteiger partial charge in [0.05, 0.1) is 0 Å². The molecule has 0 radical (unpaired) electrons. The van der Waals surface area contributed by atoms with Gasteiger partial charge in [-0.1, -0.05) is 24.1 Å². The van der Waals surface area contributed by atoms with Crippen molar-refractivity contribution in [2.24, 2.45) is 0 Å². The van der Waals surface area contributed by atoms with Crippen LogP contribution >= 0.6 is 24.0 Å². The molecule has 1 fully saturated rings. The molecule has 18 heavy (non-hydrogen) atoms. The van der Waals surface area contributed by atoms with E-state index in [1.54, 1.807) is 0 Å². The molecule has 1 aliphatic rings. The standard InChI is InChI=1S/C13H20ClN3.ClH/c1-17(10-12-4-2-3-7-15-12)9-11-5-6-13(14)16-8-11;/h5-6,8,12,15H,2-4,7,9-10H2,1H3;1H. The van der Waals surface area contributed by atoms with E-state index in [1.165, 1.54) is 31.4 Å². The van der Waals surface area contributed by atoms with Crippen LogP contribution in [0.3, 0.4) is 0 Å². The molecule has 1 atom stereocenters. The highest BCUT2D eigenvalue weighted by atomic mass is 35.5. The normalized spacial score (nSPS) is 19.6. The summed E-state index contributed by atoms with van der Waals surface area (Å²) < 4.78 is 0. The van der Waals surface area contributed by atoms with Crippen LogP contribution in [0.25, 0.3) is 0 Å². The zero-order valence-electron chi connectivity index (χ0n) is 10.7. The van der Waals surface area contributed by atoms with E-state index in [-0.39, 0.29) is 12.4 Å². The molecule has 0 aromatic carbocycles. The van der Waals surface area contributed by atoms with E-state index in [0.29, 0.717) is 11.2 Å². The zero-order chi connectivity index (χ0) is 12.1. The maximum atomic E-state index is 5.77. The van der Waals surface area contributed by atoms with Crippen molar-refractivity contribution in [3.05, 3.63) is 29.0 Å². The number of nitrogens with zero attached hydrogens (tertiary/aromatic N) is 2. The van der Waals surface area contributed by atoms with Gasteiger partial charge in [0, 0.05) is 25.3 Å². The first-order chi connectivity index (χ1) is 8.24. The predicted octanol–water partition coefficient (Wildman–Crippen LogP) is 2.73. The van der Waals surface area contributed by atoms with Crippen LogP contribution in [0.2, 0.25) is 5.15 Å². The van der Waals surface area contributed by atoms with Gasteiger partial charge in [-0.05, 0) is 38.1 Å². The minimum atomic E-state index is 0. The third-order valence-corrected chi connectivity index (χ3v) is 3.41. The number of likely N-dealkylation sites (N-methyl/N-ethyl adjacent to an activating group) is 1. The molecule has 0 bridgehead atoms. The fraction of sp³-hybridized carbons (Fsp3) is 0.615. The minimum absolute atomic E-state index is 0. The van der Waals surface area contributed by atoms with E-state index in [2.05, 4.69) is 22.2 Å². The Bertz CT molecular complexity index is 337. The average molecular weight is 290 g/mol. The van der Waals surface area contributed by atoms with E-state index >= 15 is 0 Å². The molecule has 5 heteroatoms. The van der Waals surface area contributed by atoms with Crippen molar-refractivity contribution >= 4 is 24.0 Å². The van der Waals surface area contributed by atoms with Gasteiger partial charge in [0.2, 0.25) is 0 Å². The van der Waals surface area contributed by atoms with Gasteiger partial charge < -0.3 is 10.2 Å². The Kier molecular flexibility index (Phi) is 6.94. The highest BCUT2D eigenvalue weighted by molar-refractivity contribution is 6.29. The van der Waals surface area contributed by atoms with Gasteiger partial charge in [-0.2, -0.15) is 0 Å². The van der Waals surface area contributed by atoms with Crippen molar-refractivity contribution in [1.82, 2.24) is 15.2 Å². The number of rotatable bonds is 4. The molecule has 0 amide bonds. The Hall–Kier alpha value is -0.350. The minimum Gasteiger partial charge on any atom is -0.313 e. The summed E-state index contributed by atoms with van der Waals surface area (Å²) in [6.45, 7) is 3.20. The maximum Gasteiger partial charge on any atom is 0.129 e. The summed E-state index contributed by atoms with van der Waals surface area (Å²) in [5.41, 5.74) is 1.22. The van der Waals surface area contributed by atoms with Crippen molar-refractivity contribution in [3.63, 3.8) is 0 Å². The fourth-order valence-electron chi connectivity index (χ4n) is 2.33. The third kappa shape index (κ3) is 5.11. The van der Waals surface area contributed by atoms with Gasteiger partial charge in [0.25, 0.3) is 0 Å². The lowest BCUT2D eigenvalue weighted by Crippen LogP contribution is -2.42. The number of halogens is 2. The third-order valence-electron chi connectivity index (χ3n) is 3.19. The molecular formula is C13H21Cl2N3. The molecule has 0 aliphatic carbocycles. The van der Waals surface area contributed by atoms with Crippen LogP contribution in [0.5, 0.6) is 0 Å². The topological polar surface area (TPSA) is 28.2 Å². The summed E-state index contributed by atoms with van der Waals surface area (Å²) in [6, 6.07) is 4.54. The highest BCUT2D eigenvalue weighted by Gasteiger charge is 2.14. The average Bonchev–Trinajstić information content (AvgIpc) is 2.33. The second-order valence-electron chi connectivity index (χ2n) is 4.83. The number of hydrogen-bond acceptors (Lipinski definition) is 3. The van der Waals surface area contributed by atoms with E-state index in [4.69, 9.17) is 11.6 Å². The summed E-state index contributed by atoms with van der Waals surface area (Å²) in [6.07, 6.45) is 5.83. The number of pyridine rings is 1. The summed E-state index contributed by atoms with van der Waals surface area (Å²) in [7, 11) is 2.16. The van der Waals surface area contributed by atoms with Crippen LogP contribution in [-0.4, -0.2) is 36.1 Å². The first-order valence-corrected chi connectivity index (χ1v) is 6.64. The Morgan fingerprint density at radius 3 is 2.89 bits per heavy atom. The molecule has 2 rings (SSSR count). The lowest BCUT2D eigenvalue weighted by molar-refractivity contribution is 0.256. The second kappa shape index (κ2) is 7.95. The Morgan fingerprint density at radius 1 is 1.44 bits per heavy atom. The molecule has 1 aromatic heterocycles. The van der Waals surface area contributed by atoms with E-state index in [0.717, 1.165) is 13.1 Å². The number of hydrogen-bond donors (Lipinski definition) is 1. The van der Waals surface area contributed by atoms with Crippen molar-refractivity contribution in [1.29, 1.82) is 0 Å². The highest BCUT2D eigenvalue weighted by Crippen LogP contribution is 2.10. The van der Waals surface area contributed by atoms with Crippen LogP contribution in [0.1, 0.15) is 24.8 Å². The molecule has 1 unspecified atom stereocenters. The van der Waals surface area contributed by atoms with E-state index in [1.807, 2.05) is 18.3 Å². The van der Waals surface area contributed by atoms with Gasteiger partial charge in [0.15, 0.2) is 0 Å². The summed E-state index contributed by atoms with van der Waals surface area (Å²) >= 11 is 5.77. The zero-order valence-corrected chi connectivity index (χ0v) is 12.3. The quantitative estimate of drug-likeness (QED) is 0.864. The van der Waals surface area contributed by atoms with Crippen molar-refractivity contribution < 1.29 is 0 Å². The lowest BCUT2D eigenvalue weighted by atomic mass is 10.0. The smallest absolute Gasteiger partial charge is 0.129 e. The van der Waals surface area contributed by atoms with Crippen molar-refractivity contribution in [2.75, 3.05) is 20.1 Å². The van der Waals surface area contributed by atoms with E-state index < -0.39 is 0 Å². The fourth-order valence-corrected chi connectivity index (χ4v) is 2.44. The Balaban J connectivity index is 0.00000162. The summed E-state index contributed by atoms with van der Waals surface area (Å²) in [5.74, 6) is 0. The van der Waals surface area contributed by atoms with Crippen LogP contribution in [0, 0.1) is 0 Å². The molecule has 1 N–H and O–H groups in total. The predicted molar refractivity (Wildman–Crippen MR) is 78.5 cm³/mol. The summed E-state index contributed by atoms with van der Waals surface area (Å²) in [5, 5.41) is 4.13. The first-order valence-electron chi connectivity index (χ1n) is 6.26. The molecule has 1 saturated heterocycles. The van der Waals surface area contributed by atoms with Crippen molar-refractivity contribution in [3.8, 4) is 0 Å². The molecule has 2 heterocycles. The van der Waals surface area contributed by atoms with Crippen molar-refractivity contribution in [2.45, 2.75) is 31.8 Å². The van der Waals surface area contributed by atoms with Crippen LogP contribution in [0.15, 0.2) is 18.3 Å². The van der Waals surface area contributed by atoms with Gasteiger partial charge >= 0.3 is 0 Å². The SMILES string of the molecule is CN(Cc1ccc(Cl)nc1)CC1CCCCN1.Cl. The molecule has 1 aliphatic heterocycles. The largest absolute Gasteiger partial charge is 0.313 e. The number of piperidine rings is 1. The first kappa shape index (κ1) is 15.7. The van der Waals surface area contributed by atoms with Crippen LogP contribution < -0.4 is 5.32 Å². The Morgan fingerprint density at radius 2 is 2.28 bits per heavy atom. The molecule has 0 spiro atoms. The monoisotopic (exact) mass is 289 g/mol. The molecule has 3 nitrogen and oxygen atoms in total. The maximum absolute atomic E-state index is 5.77. The van der Waals surface area contributed by atoms with Gasteiger partial charge in [-0.15, -0.1) is 12.4 Å². The number of nitrogens with one attached hydrogen (secondary N) is 1. The molecular weight excluding hydrogens is 269 g/mol. The number of aromatic nitrogens is 1. The molecule has 102 valence electrons. The van der Waals surface area contributed by atoms with Gasteiger partial charge in [-0.25, -0.2) is 4.98 Å². The Labute approximate surface area is 120 Å².